The summed E-state index contributed by atoms with van der Waals surface area (Å²) in [6.45, 7) is 5.14. The van der Waals surface area contributed by atoms with Crippen LogP contribution in [-0.2, 0) is 14.3 Å². The van der Waals surface area contributed by atoms with Crippen LogP contribution in [0.2, 0.25) is 0 Å². The van der Waals surface area contributed by atoms with Crippen molar-refractivity contribution in [3.63, 3.8) is 0 Å². The van der Waals surface area contributed by atoms with E-state index in [9.17, 15) is 14.7 Å². The van der Waals surface area contributed by atoms with E-state index in [0.29, 0.717) is 17.4 Å². The molecule has 0 aromatic rings. The summed E-state index contributed by atoms with van der Waals surface area (Å²) in [7, 11) is 5.85. The number of nitrogens with zero attached hydrogens (tertiary/aromatic N) is 1. The predicted octanol–water partition coefficient (Wildman–Crippen LogP) is 6.03. The molecule has 0 aliphatic rings. The molecule has 33 heavy (non-hydrogen) atoms. The highest BCUT2D eigenvalue weighted by Gasteiger charge is 2.22. The molecule has 0 spiro atoms. The van der Waals surface area contributed by atoms with Crippen LogP contribution in [0.5, 0.6) is 0 Å². The lowest BCUT2D eigenvalue weighted by atomic mass is 9.98. The second-order valence-corrected chi connectivity index (χ2v) is 11.2. The topological polar surface area (TPSA) is 66.4 Å². The van der Waals surface area contributed by atoms with E-state index in [1.54, 1.807) is 0 Å². The Morgan fingerprint density at radius 3 is 1.64 bits per heavy atom. The standard InChI is InChI=1S/C28H55NO4/c1-6-20-25(2)21-18-16-14-12-10-8-7-9-11-13-15-17-19-22-28(32)33-26(23-27(30)31)24-29(3,4)5/h25-26H,6-24H2,1-5H3. The summed E-state index contributed by atoms with van der Waals surface area (Å²) in [5.74, 6) is -0.547. The number of quaternary nitrogens is 1. The number of carboxylic acid groups (broad SMARTS) is 1. The molecule has 0 bridgehead atoms. The van der Waals surface area contributed by atoms with E-state index in [1.165, 1.54) is 83.5 Å². The van der Waals surface area contributed by atoms with Gasteiger partial charge in [0.15, 0.2) is 6.10 Å². The van der Waals surface area contributed by atoms with Crippen LogP contribution >= 0.6 is 0 Å². The summed E-state index contributed by atoms with van der Waals surface area (Å²) in [4.78, 5) is 23.0. The van der Waals surface area contributed by atoms with E-state index in [1.807, 2.05) is 21.1 Å². The molecule has 0 N–H and O–H groups in total. The fourth-order valence-electron chi connectivity index (χ4n) is 4.53. The Hall–Kier alpha value is -1.10. The molecule has 5 nitrogen and oxygen atoms in total. The summed E-state index contributed by atoms with van der Waals surface area (Å²) in [5, 5.41) is 10.9. The fourth-order valence-corrected chi connectivity index (χ4v) is 4.53. The van der Waals surface area contributed by atoms with Crippen molar-refractivity contribution in [3.8, 4) is 0 Å². The van der Waals surface area contributed by atoms with Crippen molar-refractivity contribution in [2.75, 3.05) is 27.7 Å². The van der Waals surface area contributed by atoms with E-state index >= 15 is 0 Å². The Labute approximate surface area is 205 Å². The molecular formula is C28H55NO4. The van der Waals surface area contributed by atoms with Gasteiger partial charge in [-0.25, -0.2) is 0 Å². The minimum absolute atomic E-state index is 0.237. The average Bonchev–Trinajstić information content (AvgIpc) is 2.69. The Kier molecular flexibility index (Phi) is 19.6. The number of rotatable bonds is 23. The Morgan fingerprint density at radius 2 is 1.21 bits per heavy atom. The molecule has 0 radical (unpaired) electrons. The van der Waals surface area contributed by atoms with Crippen molar-refractivity contribution >= 4 is 11.9 Å². The zero-order valence-corrected chi connectivity index (χ0v) is 22.7. The Morgan fingerprint density at radius 1 is 0.758 bits per heavy atom. The molecule has 0 aliphatic heterocycles. The number of hydrogen-bond donors (Lipinski definition) is 0. The smallest absolute Gasteiger partial charge is 0.306 e. The highest BCUT2D eigenvalue weighted by Crippen LogP contribution is 2.17. The van der Waals surface area contributed by atoms with Gasteiger partial charge in [0.1, 0.15) is 6.54 Å². The largest absolute Gasteiger partial charge is 0.550 e. The van der Waals surface area contributed by atoms with E-state index in [2.05, 4.69) is 13.8 Å². The van der Waals surface area contributed by atoms with Crippen molar-refractivity contribution in [2.24, 2.45) is 5.92 Å². The lowest BCUT2D eigenvalue weighted by Gasteiger charge is -2.29. The summed E-state index contributed by atoms with van der Waals surface area (Å²) in [6.07, 6.45) is 20.2. The molecule has 196 valence electrons. The van der Waals surface area contributed by atoms with Crippen LogP contribution in [0.3, 0.4) is 0 Å². The van der Waals surface area contributed by atoms with Crippen molar-refractivity contribution in [2.45, 2.75) is 136 Å². The molecular weight excluding hydrogens is 414 g/mol. The maximum absolute atomic E-state index is 12.1. The van der Waals surface area contributed by atoms with Crippen LogP contribution < -0.4 is 5.11 Å². The molecule has 0 heterocycles. The minimum atomic E-state index is -1.17. The van der Waals surface area contributed by atoms with Gasteiger partial charge in [0.2, 0.25) is 0 Å². The molecule has 0 amide bonds. The zero-order valence-electron chi connectivity index (χ0n) is 22.7. The van der Waals surface area contributed by atoms with Crippen LogP contribution in [0.15, 0.2) is 0 Å². The third-order valence-corrected chi connectivity index (χ3v) is 6.30. The molecule has 0 aromatic heterocycles. The van der Waals surface area contributed by atoms with E-state index in [0.717, 1.165) is 25.2 Å². The molecule has 0 saturated heterocycles. The van der Waals surface area contributed by atoms with Crippen LogP contribution in [-0.4, -0.2) is 50.2 Å². The predicted molar refractivity (Wildman–Crippen MR) is 136 cm³/mol. The van der Waals surface area contributed by atoms with Crippen LogP contribution in [0.25, 0.3) is 0 Å². The van der Waals surface area contributed by atoms with E-state index in [-0.39, 0.29) is 12.4 Å². The summed E-state index contributed by atoms with van der Waals surface area (Å²) < 4.78 is 5.94. The monoisotopic (exact) mass is 469 g/mol. The number of carbonyl (C=O) groups excluding carboxylic acids is 2. The molecule has 0 saturated carbocycles. The number of carbonyl (C=O) groups is 2. The highest BCUT2D eigenvalue weighted by atomic mass is 16.5. The minimum Gasteiger partial charge on any atom is -0.550 e. The van der Waals surface area contributed by atoms with Gasteiger partial charge in [-0.2, -0.15) is 0 Å². The third-order valence-electron chi connectivity index (χ3n) is 6.30. The normalized spacial score (nSPS) is 13.6. The van der Waals surface area contributed by atoms with Crippen molar-refractivity contribution in [1.29, 1.82) is 0 Å². The van der Waals surface area contributed by atoms with Gasteiger partial charge >= 0.3 is 5.97 Å². The lowest BCUT2D eigenvalue weighted by Crippen LogP contribution is -2.45. The van der Waals surface area contributed by atoms with Crippen molar-refractivity contribution in [3.05, 3.63) is 0 Å². The molecule has 2 atom stereocenters. The zero-order chi connectivity index (χ0) is 25.0. The van der Waals surface area contributed by atoms with Gasteiger partial charge in [-0.15, -0.1) is 0 Å². The summed E-state index contributed by atoms with van der Waals surface area (Å²) >= 11 is 0. The van der Waals surface area contributed by atoms with Gasteiger partial charge in [0.25, 0.3) is 0 Å². The first kappa shape index (κ1) is 31.9. The molecule has 5 heteroatoms. The van der Waals surface area contributed by atoms with Gasteiger partial charge in [0.05, 0.1) is 21.1 Å². The number of ether oxygens (including phenoxy) is 1. The van der Waals surface area contributed by atoms with Gasteiger partial charge in [0, 0.05) is 18.8 Å². The number of esters is 1. The Balaban J connectivity index is 3.52. The number of likely N-dealkylation sites (N-methyl/N-ethyl adjacent to an activating group) is 1. The van der Waals surface area contributed by atoms with Gasteiger partial charge in [-0.3, -0.25) is 4.79 Å². The quantitative estimate of drug-likeness (QED) is 0.104. The number of aliphatic carboxylic acids is 1. The second kappa shape index (κ2) is 20.3. The SMILES string of the molecule is CCCC(C)CCCCCCCCCCCCCCCC(=O)OC(CC(=O)[O-])C[N+](C)(C)C. The summed E-state index contributed by atoms with van der Waals surface area (Å²) in [6, 6.07) is 0. The van der Waals surface area contributed by atoms with Crippen LogP contribution in [0, 0.1) is 5.92 Å². The Bertz CT molecular complexity index is 487. The second-order valence-electron chi connectivity index (χ2n) is 11.2. The first-order valence-corrected chi connectivity index (χ1v) is 13.8. The molecule has 0 aromatic carbocycles. The molecule has 0 fully saturated rings. The molecule has 0 rings (SSSR count). The number of unbranched alkanes of at least 4 members (excludes halogenated alkanes) is 12. The van der Waals surface area contributed by atoms with Gasteiger partial charge in [-0.1, -0.05) is 110 Å². The summed E-state index contributed by atoms with van der Waals surface area (Å²) in [5.41, 5.74) is 0. The third kappa shape index (κ3) is 23.8. The lowest BCUT2D eigenvalue weighted by molar-refractivity contribution is -0.873. The van der Waals surface area contributed by atoms with Crippen molar-refractivity contribution < 1.29 is 23.9 Å². The van der Waals surface area contributed by atoms with Crippen molar-refractivity contribution in [1.82, 2.24) is 0 Å². The van der Waals surface area contributed by atoms with Crippen LogP contribution in [0.1, 0.15) is 129 Å². The highest BCUT2D eigenvalue weighted by molar-refractivity contribution is 5.70. The van der Waals surface area contributed by atoms with E-state index < -0.39 is 12.1 Å². The van der Waals surface area contributed by atoms with Crippen LogP contribution in [0.4, 0.5) is 0 Å². The first-order valence-electron chi connectivity index (χ1n) is 13.8. The fraction of sp³-hybridized carbons (Fsp3) is 0.929. The van der Waals surface area contributed by atoms with Gasteiger partial charge < -0.3 is 19.1 Å². The van der Waals surface area contributed by atoms with E-state index in [4.69, 9.17) is 4.74 Å². The molecule has 2 unspecified atom stereocenters. The van der Waals surface area contributed by atoms with Gasteiger partial charge in [-0.05, 0) is 12.3 Å². The first-order chi connectivity index (χ1) is 15.6. The maximum atomic E-state index is 12.1. The maximum Gasteiger partial charge on any atom is 0.306 e. The number of hydrogen-bond acceptors (Lipinski definition) is 4. The number of carboxylic acids is 1. The molecule has 0 aliphatic carbocycles. The average molecular weight is 470 g/mol.